The Balaban J connectivity index is 1.11. The van der Waals surface area contributed by atoms with E-state index < -0.39 is 17.7 Å². The second-order valence-electron chi connectivity index (χ2n) is 17.0. The molecule has 12 unspecified atom stereocenters. The number of hydrogen-bond donors (Lipinski definition) is 3. The molecule has 7 aliphatic rings. The van der Waals surface area contributed by atoms with Gasteiger partial charge in [0.25, 0.3) is 0 Å². The van der Waals surface area contributed by atoms with Gasteiger partial charge in [0.15, 0.2) is 0 Å². The summed E-state index contributed by atoms with van der Waals surface area (Å²) >= 11 is 0. The number of nitrogens with two attached hydrogens (primary N) is 1. The summed E-state index contributed by atoms with van der Waals surface area (Å²) in [5.74, 6) is 0.955. The number of carbonyl (C=O) groups excluding carboxylic acids is 2. The highest BCUT2D eigenvalue weighted by Gasteiger charge is 2.85. The first kappa shape index (κ1) is 32.0. The standard InChI is InChI=1S/C35H57N3O7/c1-20(2)26(45-29(40)37-6)22-8-7-21-27(43-22)28(39)35(36)24-10-9-23-31(3,4)25(44-30(41)38-15-17-42-18-16-38)11-12-33(23)19-34(24,33)14-13-32(21,35)5/h20-28,39H,7-19,36H2,1-6H3,(H,37,40). The SMILES string of the molecule is CNC(=O)OC(C(C)C)C1CCC2C(O1)C(O)C1(N)C3CCC4C(C)(C)C(OC(=O)N5CCOCC5)CCC45CC35CCC21C. The van der Waals surface area contributed by atoms with Crippen molar-refractivity contribution in [2.45, 2.75) is 128 Å². The average molecular weight is 632 g/mol. The quantitative estimate of drug-likeness (QED) is 0.414. The molecule has 10 nitrogen and oxygen atoms in total. The summed E-state index contributed by atoms with van der Waals surface area (Å²) in [5.41, 5.74) is 6.93. The lowest BCUT2D eigenvalue weighted by atomic mass is 9.44. The van der Waals surface area contributed by atoms with E-state index in [1.54, 1.807) is 11.9 Å². The van der Waals surface area contributed by atoms with Gasteiger partial charge in [0, 0.05) is 25.6 Å². The number of fused-ring (bicyclic) bond motifs is 4. The predicted molar refractivity (Wildman–Crippen MR) is 167 cm³/mol. The smallest absolute Gasteiger partial charge is 0.410 e. The Kier molecular flexibility index (Phi) is 7.59. The fraction of sp³-hybridized carbons (Fsp3) is 0.943. The van der Waals surface area contributed by atoms with Gasteiger partial charge in [0.1, 0.15) is 12.2 Å². The minimum absolute atomic E-state index is 0.0867. The van der Waals surface area contributed by atoms with Gasteiger partial charge in [-0.1, -0.05) is 34.6 Å². The van der Waals surface area contributed by atoms with Crippen molar-refractivity contribution in [3.05, 3.63) is 0 Å². The lowest BCUT2D eigenvalue weighted by Gasteiger charge is -2.63. The number of nitrogens with one attached hydrogen (secondary N) is 1. The lowest BCUT2D eigenvalue weighted by Crippen LogP contribution is -2.70. The summed E-state index contributed by atoms with van der Waals surface area (Å²) in [6.45, 7) is 13.4. The molecule has 7 rings (SSSR count). The number of morpholine rings is 1. The number of ether oxygens (including phenoxy) is 4. The Morgan fingerprint density at radius 3 is 2.36 bits per heavy atom. The van der Waals surface area contributed by atoms with Crippen molar-refractivity contribution in [2.75, 3.05) is 33.4 Å². The van der Waals surface area contributed by atoms with Crippen LogP contribution in [0.1, 0.15) is 92.4 Å². The highest BCUT2D eigenvalue weighted by Crippen LogP contribution is 2.87. The number of alkyl carbamates (subject to hydrolysis) is 1. The van der Waals surface area contributed by atoms with Gasteiger partial charge in [0.05, 0.1) is 37.1 Å². The van der Waals surface area contributed by atoms with Crippen molar-refractivity contribution in [3.63, 3.8) is 0 Å². The molecule has 2 amide bonds. The first-order valence-electron chi connectivity index (χ1n) is 17.8. The van der Waals surface area contributed by atoms with Gasteiger partial charge in [-0.15, -0.1) is 0 Å². The van der Waals surface area contributed by atoms with Gasteiger partial charge >= 0.3 is 12.2 Å². The number of carbonyl (C=O) groups is 2. The molecule has 254 valence electrons. The summed E-state index contributed by atoms with van der Waals surface area (Å²) < 4.78 is 24.3. The van der Waals surface area contributed by atoms with E-state index in [0.717, 1.165) is 51.4 Å². The van der Waals surface area contributed by atoms with Crippen molar-refractivity contribution in [1.29, 1.82) is 0 Å². The van der Waals surface area contributed by atoms with Gasteiger partial charge in [-0.25, -0.2) is 9.59 Å². The molecule has 2 aliphatic heterocycles. The van der Waals surface area contributed by atoms with E-state index in [9.17, 15) is 14.7 Å². The van der Waals surface area contributed by atoms with Crippen molar-refractivity contribution in [1.82, 2.24) is 10.2 Å². The molecule has 5 saturated carbocycles. The van der Waals surface area contributed by atoms with Crippen molar-refractivity contribution < 1.29 is 33.6 Å². The van der Waals surface area contributed by atoms with Crippen LogP contribution < -0.4 is 11.1 Å². The third kappa shape index (κ3) is 4.26. The van der Waals surface area contributed by atoms with E-state index in [-0.39, 0.29) is 69.9 Å². The molecule has 0 aromatic carbocycles. The third-order valence-electron chi connectivity index (χ3n) is 14.9. The summed E-state index contributed by atoms with van der Waals surface area (Å²) in [4.78, 5) is 27.1. The summed E-state index contributed by atoms with van der Waals surface area (Å²) in [5, 5.41) is 14.9. The maximum atomic E-state index is 13.1. The van der Waals surface area contributed by atoms with Gasteiger partial charge in [-0.05, 0) is 97.7 Å². The molecule has 0 aromatic rings. The second-order valence-corrected chi connectivity index (χ2v) is 17.0. The normalized spacial score (nSPS) is 48.6. The summed E-state index contributed by atoms with van der Waals surface area (Å²) in [6.07, 6.45) is 6.46. The number of aliphatic hydroxyl groups is 1. The topological polar surface area (TPSA) is 133 Å². The predicted octanol–water partition coefficient (Wildman–Crippen LogP) is 4.46. The first-order chi connectivity index (χ1) is 21.3. The monoisotopic (exact) mass is 631 g/mol. The Bertz CT molecular complexity index is 1190. The summed E-state index contributed by atoms with van der Waals surface area (Å²) in [7, 11) is 1.57. The van der Waals surface area contributed by atoms with Crippen molar-refractivity contribution in [3.8, 4) is 0 Å². The third-order valence-corrected chi connectivity index (χ3v) is 14.9. The highest BCUT2D eigenvalue weighted by atomic mass is 16.6. The number of aliphatic hydroxyl groups excluding tert-OH is 1. The van der Waals surface area contributed by atoms with Crippen LogP contribution in [0.2, 0.25) is 0 Å². The van der Waals surface area contributed by atoms with Crippen LogP contribution in [0.4, 0.5) is 9.59 Å². The van der Waals surface area contributed by atoms with E-state index in [0.29, 0.717) is 32.2 Å². The van der Waals surface area contributed by atoms with Gasteiger partial charge in [-0.2, -0.15) is 0 Å². The minimum Gasteiger partial charge on any atom is -0.446 e. The van der Waals surface area contributed by atoms with Crippen LogP contribution in [0.3, 0.4) is 0 Å². The van der Waals surface area contributed by atoms with E-state index in [4.69, 9.17) is 24.7 Å². The van der Waals surface area contributed by atoms with Crippen LogP contribution >= 0.6 is 0 Å². The van der Waals surface area contributed by atoms with Crippen LogP contribution in [0.15, 0.2) is 0 Å². The van der Waals surface area contributed by atoms with Crippen LogP contribution in [-0.2, 0) is 18.9 Å². The molecule has 4 N–H and O–H groups in total. The van der Waals surface area contributed by atoms with E-state index in [1.165, 1.54) is 6.42 Å². The molecule has 2 saturated heterocycles. The molecule has 7 fully saturated rings. The lowest BCUT2D eigenvalue weighted by molar-refractivity contribution is -0.164. The number of nitrogens with zero attached hydrogens (tertiary/aromatic N) is 1. The maximum absolute atomic E-state index is 13.1. The number of amides is 2. The van der Waals surface area contributed by atoms with Crippen LogP contribution in [-0.4, -0.2) is 91.6 Å². The Labute approximate surface area is 268 Å². The summed E-state index contributed by atoms with van der Waals surface area (Å²) in [6, 6.07) is 0. The zero-order valence-electron chi connectivity index (χ0n) is 28.3. The van der Waals surface area contributed by atoms with E-state index in [1.807, 2.05) is 13.8 Å². The largest absolute Gasteiger partial charge is 0.446 e. The van der Waals surface area contributed by atoms with Crippen LogP contribution in [0, 0.1) is 45.3 Å². The molecular formula is C35H57N3O7. The molecule has 0 aromatic heterocycles. The highest BCUT2D eigenvalue weighted by molar-refractivity contribution is 5.68. The van der Waals surface area contributed by atoms with Gasteiger partial charge in [0.2, 0.25) is 0 Å². The van der Waals surface area contributed by atoms with Crippen molar-refractivity contribution >= 4 is 12.2 Å². The molecule has 45 heavy (non-hydrogen) atoms. The second kappa shape index (κ2) is 10.7. The first-order valence-corrected chi connectivity index (χ1v) is 17.8. The Morgan fingerprint density at radius 1 is 0.978 bits per heavy atom. The van der Waals surface area contributed by atoms with Crippen molar-refractivity contribution in [2.24, 2.45) is 51.1 Å². The Morgan fingerprint density at radius 2 is 1.67 bits per heavy atom. The van der Waals surface area contributed by atoms with Gasteiger partial charge in [-0.3, -0.25) is 0 Å². The molecule has 0 radical (unpaired) electrons. The minimum atomic E-state index is -0.765. The number of hydrogen-bond acceptors (Lipinski definition) is 8. The fourth-order valence-electron chi connectivity index (χ4n) is 12.6. The average Bonchev–Trinajstić information content (AvgIpc) is 3.66. The van der Waals surface area contributed by atoms with Crippen LogP contribution in [0.5, 0.6) is 0 Å². The van der Waals surface area contributed by atoms with E-state index in [2.05, 4.69) is 26.1 Å². The maximum Gasteiger partial charge on any atom is 0.410 e. The zero-order valence-corrected chi connectivity index (χ0v) is 28.3. The fourth-order valence-corrected chi connectivity index (χ4v) is 12.6. The molecule has 2 spiro atoms. The molecule has 2 heterocycles. The molecule has 0 bridgehead atoms. The van der Waals surface area contributed by atoms with E-state index >= 15 is 0 Å². The molecule has 12 atom stereocenters. The molecule has 10 heteroatoms. The zero-order chi connectivity index (χ0) is 32.2. The van der Waals surface area contributed by atoms with Gasteiger partial charge < -0.3 is 40.0 Å². The Hall–Kier alpha value is -1.62. The number of rotatable bonds is 4. The molecule has 5 aliphatic carbocycles. The molecular weight excluding hydrogens is 574 g/mol. The van der Waals surface area contributed by atoms with Crippen LogP contribution in [0.25, 0.3) is 0 Å².